The van der Waals surface area contributed by atoms with Crippen molar-refractivity contribution in [1.29, 1.82) is 10.5 Å². The van der Waals surface area contributed by atoms with Gasteiger partial charge in [0.15, 0.2) is 0 Å². The topological polar surface area (TPSA) is 65.7 Å². The summed E-state index contributed by atoms with van der Waals surface area (Å²) in [6.45, 7) is 0. The monoisotopic (exact) mass is 687 g/mol. The van der Waals surface area contributed by atoms with Crippen molar-refractivity contribution in [2.24, 2.45) is 0 Å². The van der Waals surface area contributed by atoms with Crippen LogP contribution in [0.3, 0.4) is 0 Å². The van der Waals surface area contributed by atoms with Crippen molar-refractivity contribution in [1.82, 2.24) is 4.57 Å². The van der Waals surface area contributed by atoms with E-state index in [9.17, 15) is 10.5 Å². The zero-order valence-corrected chi connectivity index (χ0v) is 29.0. The van der Waals surface area contributed by atoms with Crippen molar-refractivity contribution in [3.63, 3.8) is 0 Å². The first-order chi connectivity index (χ1) is 26.7. The van der Waals surface area contributed by atoms with Crippen molar-refractivity contribution in [2.75, 3.05) is 0 Å². The Labute approximate surface area is 311 Å². The number of fused-ring (bicyclic) bond motifs is 6. The van der Waals surface area contributed by atoms with Gasteiger partial charge < -0.3 is 8.98 Å². The lowest BCUT2D eigenvalue weighted by molar-refractivity contribution is 0.670. The average Bonchev–Trinajstić information content (AvgIpc) is 3.79. The molecular weight excluding hydrogens is 659 g/mol. The standard InChI is InChI=1S/C50H29N3O/c51-30-37-29-41(34-17-8-3-9-18-34)49(44(31-52)48(37)40-21-12-20-39-38-19-10-11-22-47(38)54-50(39)40)53-45-25-23-35(32-13-4-1-5-14-32)27-42(45)43-28-36(24-26-46(43)53)33-15-6-2-7-16-33/h1-29H. The molecule has 2 heterocycles. The normalized spacial score (nSPS) is 11.3. The second kappa shape index (κ2) is 12.5. The number of hydrogen-bond donors (Lipinski definition) is 0. The molecule has 0 atom stereocenters. The Morgan fingerprint density at radius 1 is 0.426 bits per heavy atom. The van der Waals surface area contributed by atoms with Gasteiger partial charge in [-0.2, -0.15) is 10.5 Å². The summed E-state index contributed by atoms with van der Waals surface area (Å²) in [6.07, 6.45) is 0. The van der Waals surface area contributed by atoms with Gasteiger partial charge >= 0.3 is 0 Å². The van der Waals surface area contributed by atoms with Gasteiger partial charge in [0.1, 0.15) is 17.2 Å². The highest BCUT2D eigenvalue weighted by Gasteiger charge is 2.27. The molecule has 8 aromatic carbocycles. The third-order valence-corrected chi connectivity index (χ3v) is 10.5. The van der Waals surface area contributed by atoms with Crippen LogP contribution in [-0.2, 0) is 0 Å². The van der Waals surface area contributed by atoms with Crippen LogP contribution >= 0.6 is 0 Å². The summed E-state index contributed by atoms with van der Waals surface area (Å²) in [5.74, 6) is 0. The highest BCUT2D eigenvalue weighted by atomic mass is 16.3. The van der Waals surface area contributed by atoms with Crippen LogP contribution in [0.4, 0.5) is 0 Å². The number of nitrogens with zero attached hydrogens (tertiary/aromatic N) is 3. The van der Waals surface area contributed by atoms with Crippen molar-refractivity contribution >= 4 is 43.7 Å². The quantitative estimate of drug-likeness (QED) is 0.181. The Balaban J connectivity index is 1.36. The van der Waals surface area contributed by atoms with Gasteiger partial charge in [0.25, 0.3) is 0 Å². The van der Waals surface area contributed by atoms with E-state index >= 15 is 0 Å². The first kappa shape index (κ1) is 31.1. The minimum atomic E-state index is 0.402. The minimum Gasteiger partial charge on any atom is -0.455 e. The molecule has 10 aromatic rings. The number of rotatable bonds is 5. The molecule has 0 aliphatic heterocycles. The Hall–Kier alpha value is -7.66. The lowest BCUT2D eigenvalue weighted by Gasteiger charge is -2.20. The number of hydrogen-bond acceptors (Lipinski definition) is 3. The average molecular weight is 688 g/mol. The van der Waals surface area contributed by atoms with Crippen molar-refractivity contribution in [3.05, 3.63) is 187 Å². The van der Waals surface area contributed by atoms with E-state index < -0.39 is 0 Å². The molecule has 0 aliphatic carbocycles. The third kappa shape index (κ3) is 4.83. The maximum Gasteiger partial charge on any atom is 0.143 e. The molecule has 0 unspecified atom stereocenters. The first-order valence-electron chi connectivity index (χ1n) is 17.9. The van der Waals surface area contributed by atoms with Crippen LogP contribution in [0.5, 0.6) is 0 Å². The molecule has 10 rings (SSSR count). The molecular formula is C50H29N3O. The molecule has 4 heteroatoms. The molecule has 0 fully saturated rings. The molecule has 0 radical (unpaired) electrons. The van der Waals surface area contributed by atoms with E-state index in [1.54, 1.807) is 0 Å². The number of nitriles is 2. The van der Waals surface area contributed by atoms with E-state index in [1.165, 1.54) is 0 Å². The zero-order valence-electron chi connectivity index (χ0n) is 29.0. The fourth-order valence-electron chi connectivity index (χ4n) is 8.05. The SMILES string of the molecule is N#Cc1cc(-c2ccccc2)c(-n2c3ccc(-c4ccccc4)cc3c3cc(-c4ccccc4)ccc32)c(C#N)c1-c1cccc2c1oc1ccccc12. The predicted octanol–water partition coefficient (Wildman–Crippen LogP) is 13.1. The smallest absolute Gasteiger partial charge is 0.143 e. The second-order valence-electron chi connectivity index (χ2n) is 13.5. The fraction of sp³-hybridized carbons (Fsp3) is 0. The molecule has 0 bridgehead atoms. The van der Waals surface area contributed by atoms with Crippen LogP contribution in [0.15, 0.2) is 180 Å². The first-order valence-corrected chi connectivity index (χ1v) is 17.9. The molecule has 0 saturated heterocycles. The van der Waals surface area contributed by atoms with Gasteiger partial charge in [-0.25, -0.2) is 0 Å². The fourth-order valence-corrected chi connectivity index (χ4v) is 8.05. The van der Waals surface area contributed by atoms with Crippen LogP contribution in [0.25, 0.3) is 93.9 Å². The summed E-state index contributed by atoms with van der Waals surface area (Å²) in [4.78, 5) is 0. The summed E-state index contributed by atoms with van der Waals surface area (Å²) < 4.78 is 8.73. The van der Waals surface area contributed by atoms with Gasteiger partial charge in [-0.05, 0) is 64.2 Å². The molecule has 0 N–H and O–H groups in total. The summed E-state index contributed by atoms with van der Waals surface area (Å²) in [5.41, 5.74) is 12.3. The summed E-state index contributed by atoms with van der Waals surface area (Å²) in [5, 5.41) is 26.3. The highest BCUT2D eigenvalue weighted by molar-refractivity contribution is 6.14. The van der Waals surface area contributed by atoms with E-state index in [4.69, 9.17) is 4.42 Å². The van der Waals surface area contributed by atoms with Crippen molar-refractivity contribution in [3.8, 4) is 62.3 Å². The molecule has 0 spiro atoms. The maximum atomic E-state index is 11.4. The zero-order chi connectivity index (χ0) is 36.2. The van der Waals surface area contributed by atoms with Crippen molar-refractivity contribution < 1.29 is 4.42 Å². The Morgan fingerprint density at radius 2 is 0.981 bits per heavy atom. The summed E-state index contributed by atoms with van der Waals surface area (Å²) in [6, 6.07) is 64.9. The minimum absolute atomic E-state index is 0.402. The Morgan fingerprint density at radius 3 is 1.57 bits per heavy atom. The van der Waals surface area contributed by atoms with Gasteiger partial charge in [-0.3, -0.25) is 0 Å². The van der Waals surface area contributed by atoms with Crippen LogP contribution < -0.4 is 0 Å². The third-order valence-electron chi connectivity index (χ3n) is 10.5. The second-order valence-corrected chi connectivity index (χ2v) is 13.5. The van der Waals surface area contributed by atoms with Crippen molar-refractivity contribution in [2.45, 2.75) is 0 Å². The van der Waals surface area contributed by atoms with Gasteiger partial charge in [0.05, 0.1) is 33.9 Å². The van der Waals surface area contributed by atoms with Gasteiger partial charge in [0, 0.05) is 38.2 Å². The molecule has 0 amide bonds. The van der Waals surface area contributed by atoms with E-state index in [0.29, 0.717) is 33.5 Å². The van der Waals surface area contributed by atoms with E-state index in [0.717, 1.165) is 71.5 Å². The number of aromatic nitrogens is 1. The van der Waals surface area contributed by atoms with Gasteiger partial charge in [0.2, 0.25) is 0 Å². The molecule has 54 heavy (non-hydrogen) atoms. The Bertz CT molecular complexity index is 3060. The molecule has 0 aliphatic rings. The highest BCUT2D eigenvalue weighted by Crippen LogP contribution is 2.46. The van der Waals surface area contributed by atoms with Crippen LogP contribution in [-0.4, -0.2) is 4.57 Å². The van der Waals surface area contributed by atoms with E-state index in [-0.39, 0.29) is 0 Å². The van der Waals surface area contributed by atoms with E-state index in [2.05, 4.69) is 102 Å². The summed E-state index contributed by atoms with van der Waals surface area (Å²) in [7, 11) is 0. The maximum absolute atomic E-state index is 11.4. The largest absolute Gasteiger partial charge is 0.455 e. The lowest BCUT2D eigenvalue weighted by atomic mass is 9.88. The van der Waals surface area contributed by atoms with Gasteiger partial charge in [-0.15, -0.1) is 0 Å². The predicted molar refractivity (Wildman–Crippen MR) is 219 cm³/mol. The lowest BCUT2D eigenvalue weighted by Crippen LogP contribution is -2.05. The van der Waals surface area contributed by atoms with Crippen LogP contribution in [0, 0.1) is 22.7 Å². The van der Waals surface area contributed by atoms with Crippen LogP contribution in [0.1, 0.15) is 11.1 Å². The van der Waals surface area contributed by atoms with E-state index in [1.807, 2.05) is 91.0 Å². The van der Waals surface area contributed by atoms with Crippen LogP contribution in [0.2, 0.25) is 0 Å². The number of para-hydroxylation sites is 2. The van der Waals surface area contributed by atoms with Gasteiger partial charge in [-0.1, -0.05) is 140 Å². The Kier molecular flexibility index (Phi) is 7.22. The summed E-state index contributed by atoms with van der Waals surface area (Å²) >= 11 is 0. The molecule has 2 aromatic heterocycles. The number of benzene rings is 8. The number of furan rings is 1. The molecule has 0 saturated carbocycles. The molecule has 250 valence electrons. The molecule has 4 nitrogen and oxygen atoms in total.